The van der Waals surface area contributed by atoms with Gasteiger partial charge in [-0.05, 0) is 76.7 Å². The number of nitrogens with zero attached hydrogens (tertiary/aromatic N) is 4. The molecule has 1 N–H and O–H groups in total. The van der Waals surface area contributed by atoms with Crippen molar-refractivity contribution in [2.24, 2.45) is 0 Å². The standard InChI is InChI=1S/C52H38N4O/c1-52(2,3)34-27-28-53-42(31-34)33-29-41(48-40-22-13-21-38-36-18-8-11-24-44(36)55(50(38)40)46(48)30-33)37-20-14-25-45-49(37)54-51(39-19-9-12-26-47(39)57)56(45)43-23-10-7-17-35(43)32-15-5-4-6-16-32/h4-31,57H,1-3H3. The van der Waals surface area contributed by atoms with Crippen LogP contribution < -0.4 is 0 Å². The van der Waals surface area contributed by atoms with Gasteiger partial charge in [-0.25, -0.2) is 4.98 Å². The monoisotopic (exact) mass is 734 g/mol. The molecule has 0 radical (unpaired) electrons. The quantitative estimate of drug-likeness (QED) is 0.192. The van der Waals surface area contributed by atoms with Crippen LogP contribution in [0.5, 0.6) is 5.75 Å². The fourth-order valence-corrected chi connectivity index (χ4v) is 8.91. The summed E-state index contributed by atoms with van der Waals surface area (Å²) in [6.07, 6.45) is 1.94. The number of aromatic nitrogens is 4. The van der Waals surface area contributed by atoms with Gasteiger partial charge in [0, 0.05) is 44.4 Å². The molecule has 0 aliphatic rings. The van der Waals surface area contributed by atoms with Crippen LogP contribution in [-0.2, 0) is 5.41 Å². The smallest absolute Gasteiger partial charge is 0.149 e. The van der Waals surface area contributed by atoms with Gasteiger partial charge in [-0.15, -0.1) is 0 Å². The maximum atomic E-state index is 11.4. The lowest BCUT2D eigenvalue weighted by Gasteiger charge is -2.19. The molecule has 11 rings (SSSR count). The maximum Gasteiger partial charge on any atom is 0.149 e. The van der Waals surface area contributed by atoms with Gasteiger partial charge in [-0.3, -0.25) is 9.55 Å². The molecule has 0 aliphatic carbocycles. The molecule has 272 valence electrons. The van der Waals surface area contributed by atoms with E-state index in [0.29, 0.717) is 11.4 Å². The summed E-state index contributed by atoms with van der Waals surface area (Å²) in [7, 11) is 0. The Morgan fingerprint density at radius 3 is 2.05 bits per heavy atom. The Balaban J connectivity index is 1.28. The second kappa shape index (κ2) is 12.4. The summed E-state index contributed by atoms with van der Waals surface area (Å²) < 4.78 is 4.66. The van der Waals surface area contributed by atoms with Gasteiger partial charge in [0.25, 0.3) is 0 Å². The summed E-state index contributed by atoms with van der Waals surface area (Å²) >= 11 is 0. The van der Waals surface area contributed by atoms with Crippen LogP contribution in [0.25, 0.3) is 99.7 Å². The van der Waals surface area contributed by atoms with Crippen LogP contribution in [0.15, 0.2) is 170 Å². The number of rotatable bonds is 5. The van der Waals surface area contributed by atoms with Crippen LogP contribution in [-0.4, -0.2) is 24.0 Å². The number of phenols is 1. The molecule has 4 aromatic heterocycles. The lowest BCUT2D eigenvalue weighted by molar-refractivity contribution is 0.477. The van der Waals surface area contributed by atoms with Gasteiger partial charge in [0.15, 0.2) is 0 Å². The molecule has 4 heterocycles. The van der Waals surface area contributed by atoms with Crippen molar-refractivity contribution in [3.05, 3.63) is 176 Å². The third-order valence-corrected chi connectivity index (χ3v) is 11.6. The zero-order valence-corrected chi connectivity index (χ0v) is 31.9. The first-order valence-electron chi connectivity index (χ1n) is 19.5. The highest BCUT2D eigenvalue weighted by molar-refractivity contribution is 6.27. The summed E-state index contributed by atoms with van der Waals surface area (Å²) in [5, 5.41) is 16.2. The van der Waals surface area contributed by atoms with Gasteiger partial charge in [0.05, 0.1) is 44.5 Å². The van der Waals surface area contributed by atoms with Crippen molar-refractivity contribution in [1.82, 2.24) is 18.9 Å². The average molecular weight is 735 g/mol. The third kappa shape index (κ3) is 5.02. The number of pyridine rings is 1. The molecule has 0 fully saturated rings. The lowest BCUT2D eigenvalue weighted by Crippen LogP contribution is -2.11. The number of hydrogen-bond donors (Lipinski definition) is 1. The fraction of sp³-hybridized carbons (Fsp3) is 0.0769. The Morgan fingerprint density at radius 2 is 1.21 bits per heavy atom. The average Bonchev–Trinajstić information content (AvgIpc) is 3.91. The Morgan fingerprint density at radius 1 is 0.526 bits per heavy atom. The van der Waals surface area contributed by atoms with Gasteiger partial charge in [-0.2, -0.15) is 0 Å². The van der Waals surface area contributed by atoms with Crippen molar-refractivity contribution in [3.8, 4) is 56.3 Å². The first-order valence-corrected chi connectivity index (χ1v) is 19.5. The van der Waals surface area contributed by atoms with Gasteiger partial charge in [0.2, 0.25) is 0 Å². The van der Waals surface area contributed by atoms with Crippen LogP contribution in [0.2, 0.25) is 0 Å². The molecule has 0 atom stereocenters. The van der Waals surface area contributed by atoms with Crippen LogP contribution in [0, 0.1) is 0 Å². The number of imidazole rings is 1. The Kier molecular flexibility index (Phi) is 7.20. The van der Waals surface area contributed by atoms with Crippen LogP contribution in [0.4, 0.5) is 0 Å². The summed E-state index contributed by atoms with van der Waals surface area (Å²) in [5.74, 6) is 0.851. The molecule has 0 saturated carbocycles. The van der Waals surface area contributed by atoms with Crippen molar-refractivity contribution in [1.29, 1.82) is 0 Å². The van der Waals surface area contributed by atoms with E-state index in [2.05, 4.69) is 163 Å². The van der Waals surface area contributed by atoms with Gasteiger partial charge in [0.1, 0.15) is 11.6 Å². The minimum Gasteiger partial charge on any atom is -0.507 e. The Bertz CT molecular complexity index is 3350. The first kappa shape index (κ1) is 33.1. The summed E-state index contributed by atoms with van der Waals surface area (Å²) in [6, 6.07) is 57.3. The molecule has 0 bridgehead atoms. The van der Waals surface area contributed by atoms with E-state index in [1.807, 2.05) is 30.5 Å². The molecule has 11 aromatic rings. The molecular formula is C52H38N4O. The summed E-state index contributed by atoms with van der Waals surface area (Å²) in [4.78, 5) is 10.5. The molecule has 7 aromatic carbocycles. The minimum absolute atomic E-state index is 0.0376. The van der Waals surface area contributed by atoms with Crippen LogP contribution in [0.1, 0.15) is 26.3 Å². The molecule has 5 nitrogen and oxygen atoms in total. The van der Waals surface area contributed by atoms with Crippen molar-refractivity contribution in [3.63, 3.8) is 0 Å². The van der Waals surface area contributed by atoms with Crippen molar-refractivity contribution >= 4 is 49.1 Å². The molecule has 0 amide bonds. The van der Waals surface area contributed by atoms with Crippen molar-refractivity contribution in [2.75, 3.05) is 0 Å². The van der Waals surface area contributed by atoms with E-state index in [-0.39, 0.29) is 11.2 Å². The summed E-state index contributed by atoms with van der Waals surface area (Å²) in [5.41, 5.74) is 14.4. The molecule has 0 aliphatic heterocycles. The van der Waals surface area contributed by atoms with E-state index in [1.165, 1.54) is 38.1 Å². The largest absolute Gasteiger partial charge is 0.507 e. The van der Waals surface area contributed by atoms with E-state index >= 15 is 0 Å². The first-order chi connectivity index (χ1) is 27.8. The molecule has 0 unspecified atom stereocenters. The number of phenolic OH excluding ortho intramolecular Hbond substituents is 1. The molecule has 0 spiro atoms. The lowest BCUT2D eigenvalue weighted by atomic mass is 9.86. The Labute approximate surface area is 330 Å². The summed E-state index contributed by atoms with van der Waals surface area (Å²) in [6.45, 7) is 6.73. The minimum atomic E-state index is -0.0376. The van der Waals surface area contributed by atoms with Crippen molar-refractivity contribution in [2.45, 2.75) is 26.2 Å². The van der Waals surface area contributed by atoms with E-state index in [9.17, 15) is 5.11 Å². The van der Waals surface area contributed by atoms with Gasteiger partial charge < -0.3 is 9.51 Å². The van der Waals surface area contributed by atoms with Gasteiger partial charge in [-0.1, -0.05) is 130 Å². The highest BCUT2D eigenvalue weighted by Gasteiger charge is 2.26. The van der Waals surface area contributed by atoms with Crippen LogP contribution >= 0.6 is 0 Å². The van der Waals surface area contributed by atoms with Crippen LogP contribution in [0.3, 0.4) is 0 Å². The zero-order valence-electron chi connectivity index (χ0n) is 31.9. The van der Waals surface area contributed by atoms with E-state index in [1.54, 1.807) is 6.07 Å². The predicted molar refractivity (Wildman–Crippen MR) is 236 cm³/mol. The number of para-hydroxylation sites is 5. The number of fused-ring (bicyclic) bond motifs is 7. The SMILES string of the molecule is CC(C)(C)c1ccnc(-c2cc(-c3cccc4c3nc(-c3ccccc3O)n4-c3ccccc3-c3ccccc3)c3c4cccc5c6ccccc6n(c3c2)c54)c1. The van der Waals surface area contributed by atoms with Gasteiger partial charge >= 0.3 is 0 Å². The molecular weight excluding hydrogens is 697 g/mol. The maximum absolute atomic E-state index is 11.4. The second-order valence-electron chi connectivity index (χ2n) is 16.0. The second-order valence-corrected chi connectivity index (χ2v) is 16.0. The highest BCUT2D eigenvalue weighted by atomic mass is 16.3. The van der Waals surface area contributed by atoms with E-state index in [4.69, 9.17) is 9.97 Å². The molecule has 5 heteroatoms. The topological polar surface area (TPSA) is 55.4 Å². The molecule has 0 saturated heterocycles. The Hall–Kier alpha value is -7.24. The van der Waals surface area contributed by atoms with E-state index < -0.39 is 0 Å². The fourth-order valence-electron chi connectivity index (χ4n) is 8.91. The number of aromatic hydroxyl groups is 1. The van der Waals surface area contributed by atoms with Crippen molar-refractivity contribution < 1.29 is 5.11 Å². The normalized spacial score (nSPS) is 12.2. The van der Waals surface area contributed by atoms with E-state index in [0.717, 1.165) is 55.7 Å². The predicted octanol–water partition coefficient (Wildman–Crippen LogP) is 13.2. The molecule has 57 heavy (non-hydrogen) atoms. The number of benzene rings is 7. The third-order valence-electron chi connectivity index (χ3n) is 11.6. The highest BCUT2D eigenvalue weighted by Crippen LogP contribution is 2.47. The number of hydrogen-bond acceptors (Lipinski definition) is 3. The zero-order chi connectivity index (χ0) is 38.4.